The minimum Gasteiger partial charge on any atom is -0.487 e. The third-order valence-corrected chi connectivity index (χ3v) is 5.18. The average molecular weight is 400 g/mol. The first-order valence-corrected chi connectivity index (χ1v) is 9.85. The Labute approximate surface area is 175 Å². The fourth-order valence-corrected chi connectivity index (χ4v) is 3.33. The van der Waals surface area contributed by atoms with E-state index < -0.39 is 0 Å². The van der Waals surface area contributed by atoms with Crippen LogP contribution in [-0.2, 0) is 6.61 Å². The fourth-order valence-electron chi connectivity index (χ4n) is 3.33. The highest BCUT2D eigenvalue weighted by Crippen LogP contribution is 2.22. The van der Waals surface area contributed by atoms with Gasteiger partial charge in [-0.15, -0.1) is 0 Å². The molecule has 1 aromatic carbocycles. The molecule has 0 fully saturated rings. The molecular weight excluding hydrogens is 376 g/mol. The third kappa shape index (κ3) is 4.17. The van der Waals surface area contributed by atoms with Crippen LogP contribution in [0.3, 0.4) is 0 Å². The second-order valence-electron chi connectivity index (χ2n) is 7.40. The van der Waals surface area contributed by atoms with Gasteiger partial charge in [-0.05, 0) is 55.3 Å². The molecule has 6 heteroatoms. The summed E-state index contributed by atoms with van der Waals surface area (Å²) in [6.07, 6.45) is 7.50. The van der Waals surface area contributed by atoms with E-state index in [4.69, 9.17) is 4.74 Å². The summed E-state index contributed by atoms with van der Waals surface area (Å²) in [5.74, 6) is 0.566. The predicted molar refractivity (Wildman–Crippen MR) is 115 cm³/mol. The zero-order valence-corrected chi connectivity index (χ0v) is 17.3. The minimum atomic E-state index is -0.0859. The second kappa shape index (κ2) is 8.37. The molecule has 0 aliphatic rings. The lowest BCUT2D eigenvalue weighted by Gasteiger charge is -2.25. The molecule has 0 N–H and O–H groups in total. The largest absolute Gasteiger partial charge is 0.487 e. The first-order chi connectivity index (χ1) is 14.5. The lowest BCUT2D eigenvalue weighted by atomic mass is 10.1. The molecule has 0 bridgehead atoms. The summed E-state index contributed by atoms with van der Waals surface area (Å²) >= 11 is 0. The zero-order chi connectivity index (χ0) is 21.1. The smallest absolute Gasteiger partial charge is 0.254 e. The molecule has 4 aromatic rings. The van der Waals surface area contributed by atoms with Gasteiger partial charge in [0.05, 0.1) is 11.7 Å². The molecule has 1 unspecified atom stereocenters. The van der Waals surface area contributed by atoms with Gasteiger partial charge in [-0.3, -0.25) is 9.78 Å². The molecule has 0 aliphatic heterocycles. The number of amides is 1. The van der Waals surface area contributed by atoms with Crippen LogP contribution < -0.4 is 4.74 Å². The van der Waals surface area contributed by atoms with Crippen LogP contribution >= 0.6 is 0 Å². The van der Waals surface area contributed by atoms with Crippen molar-refractivity contribution in [2.75, 3.05) is 7.05 Å². The van der Waals surface area contributed by atoms with Crippen LogP contribution in [0.2, 0.25) is 0 Å². The second-order valence-corrected chi connectivity index (χ2v) is 7.40. The molecule has 3 aromatic heterocycles. The number of aromatic nitrogens is 3. The summed E-state index contributed by atoms with van der Waals surface area (Å²) in [7, 11) is 1.80. The number of rotatable bonds is 6. The number of hydrogen-bond donors (Lipinski definition) is 0. The predicted octanol–water partition coefficient (Wildman–Crippen LogP) is 4.45. The first kappa shape index (κ1) is 19.6. The number of imidazole rings is 1. The number of aryl methyl sites for hydroxylation is 1. The van der Waals surface area contributed by atoms with Gasteiger partial charge in [0, 0.05) is 37.4 Å². The Morgan fingerprint density at radius 2 is 2.03 bits per heavy atom. The number of carbonyl (C=O) groups excluding carboxylic acids is 1. The van der Waals surface area contributed by atoms with E-state index >= 15 is 0 Å². The maximum atomic E-state index is 13.0. The van der Waals surface area contributed by atoms with E-state index in [1.54, 1.807) is 36.5 Å². The number of hydrogen-bond acceptors (Lipinski definition) is 4. The number of ether oxygens (including phenoxy) is 1. The summed E-state index contributed by atoms with van der Waals surface area (Å²) < 4.78 is 7.90. The number of carbonyl (C=O) groups is 1. The van der Waals surface area contributed by atoms with Crippen LogP contribution in [0, 0.1) is 6.92 Å². The highest BCUT2D eigenvalue weighted by molar-refractivity contribution is 5.94. The Bertz CT molecular complexity index is 1170. The molecule has 1 atom stereocenters. The Hall–Kier alpha value is -3.67. The molecule has 152 valence electrons. The molecule has 4 rings (SSSR count). The van der Waals surface area contributed by atoms with Crippen LogP contribution in [0.4, 0.5) is 0 Å². The average Bonchev–Trinajstić information content (AvgIpc) is 3.19. The topological polar surface area (TPSA) is 59.7 Å². The van der Waals surface area contributed by atoms with Crippen molar-refractivity contribution in [1.29, 1.82) is 0 Å². The summed E-state index contributed by atoms with van der Waals surface area (Å²) in [6.45, 7) is 4.37. The van der Waals surface area contributed by atoms with E-state index in [2.05, 4.69) is 9.97 Å². The van der Waals surface area contributed by atoms with Crippen molar-refractivity contribution < 1.29 is 9.53 Å². The molecule has 1 amide bonds. The maximum absolute atomic E-state index is 13.0. The Morgan fingerprint density at radius 1 is 1.17 bits per heavy atom. The van der Waals surface area contributed by atoms with E-state index in [-0.39, 0.29) is 11.9 Å². The van der Waals surface area contributed by atoms with Gasteiger partial charge in [0.1, 0.15) is 18.0 Å². The molecule has 0 radical (unpaired) electrons. The molecule has 30 heavy (non-hydrogen) atoms. The van der Waals surface area contributed by atoms with Crippen molar-refractivity contribution in [3.8, 4) is 5.75 Å². The molecule has 0 aliphatic carbocycles. The van der Waals surface area contributed by atoms with Crippen molar-refractivity contribution in [2.45, 2.75) is 26.5 Å². The van der Waals surface area contributed by atoms with Gasteiger partial charge in [-0.1, -0.05) is 18.2 Å². The van der Waals surface area contributed by atoms with Crippen LogP contribution in [-0.4, -0.2) is 32.2 Å². The van der Waals surface area contributed by atoms with Crippen LogP contribution in [0.25, 0.3) is 5.65 Å². The van der Waals surface area contributed by atoms with Gasteiger partial charge >= 0.3 is 0 Å². The Balaban J connectivity index is 1.45. The number of fused-ring (bicyclic) bond motifs is 1. The lowest BCUT2D eigenvalue weighted by Crippen LogP contribution is -2.29. The van der Waals surface area contributed by atoms with Crippen molar-refractivity contribution in [3.05, 3.63) is 95.7 Å². The van der Waals surface area contributed by atoms with Gasteiger partial charge < -0.3 is 14.0 Å². The normalized spacial score (nSPS) is 12.0. The number of pyridine rings is 2. The summed E-state index contributed by atoms with van der Waals surface area (Å²) in [4.78, 5) is 23.4. The molecule has 0 saturated carbocycles. The van der Waals surface area contributed by atoms with Crippen molar-refractivity contribution >= 4 is 11.6 Å². The molecule has 3 heterocycles. The van der Waals surface area contributed by atoms with Crippen LogP contribution in [0.15, 0.2) is 73.3 Å². The highest BCUT2D eigenvalue weighted by atomic mass is 16.5. The molecule has 0 spiro atoms. The van der Waals surface area contributed by atoms with Crippen molar-refractivity contribution in [2.24, 2.45) is 0 Å². The fraction of sp³-hybridized carbons (Fsp3) is 0.208. The van der Waals surface area contributed by atoms with Gasteiger partial charge in [0.2, 0.25) is 0 Å². The van der Waals surface area contributed by atoms with E-state index in [1.807, 2.05) is 67.0 Å². The van der Waals surface area contributed by atoms with Gasteiger partial charge in [-0.2, -0.15) is 0 Å². The van der Waals surface area contributed by atoms with E-state index in [0.717, 1.165) is 16.9 Å². The highest BCUT2D eigenvalue weighted by Gasteiger charge is 2.19. The Morgan fingerprint density at radius 3 is 2.83 bits per heavy atom. The van der Waals surface area contributed by atoms with Gasteiger partial charge in [0.15, 0.2) is 0 Å². The summed E-state index contributed by atoms with van der Waals surface area (Å²) in [6, 6.07) is 15.0. The van der Waals surface area contributed by atoms with Crippen molar-refractivity contribution in [3.63, 3.8) is 0 Å². The van der Waals surface area contributed by atoms with Crippen LogP contribution in [0.5, 0.6) is 5.75 Å². The standard InChI is InChI=1S/C24H24N4O2/c1-17-9-10-23-26-21(15-28(23)14-17)16-30-22-8-4-6-19(12-22)24(29)27(3)18(2)20-7-5-11-25-13-20/h4-15,18H,16H2,1-3H3. The zero-order valence-electron chi connectivity index (χ0n) is 17.3. The monoisotopic (exact) mass is 400 g/mol. The SMILES string of the molecule is Cc1ccc2nc(COc3cccc(C(=O)N(C)C(C)c4cccnc4)c3)cn2c1. The van der Waals surface area contributed by atoms with Gasteiger partial charge in [0.25, 0.3) is 5.91 Å². The number of nitrogens with zero attached hydrogens (tertiary/aromatic N) is 4. The van der Waals surface area contributed by atoms with E-state index in [1.165, 1.54) is 5.56 Å². The van der Waals surface area contributed by atoms with Crippen LogP contribution in [0.1, 0.15) is 40.1 Å². The first-order valence-electron chi connectivity index (χ1n) is 9.85. The molecule has 0 saturated heterocycles. The number of benzene rings is 1. The lowest BCUT2D eigenvalue weighted by molar-refractivity contribution is 0.0742. The Kier molecular flexibility index (Phi) is 5.48. The molecular formula is C24H24N4O2. The molecule has 6 nitrogen and oxygen atoms in total. The van der Waals surface area contributed by atoms with Gasteiger partial charge in [-0.25, -0.2) is 4.98 Å². The minimum absolute atomic E-state index is 0.0694. The van der Waals surface area contributed by atoms with Crippen molar-refractivity contribution in [1.82, 2.24) is 19.3 Å². The van der Waals surface area contributed by atoms with E-state index in [9.17, 15) is 4.79 Å². The summed E-state index contributed by atoms with van der Waals surface area (Å²) in [5.41, 5.74) is 4.45. The quantitative estimate of drug-likeness (QED) is 0.480. The third-order valence-electron chi connectivity index (χ3n) is 5.18. The van der Waals surface area contributed by atoms with E-state index in [0.29, 0.717) is 17.9 Å². The maximum Gasteiger partial charge on any atom is 0.254 e. The summed E-state index contributed by atoms with van der Waals surface area (Å²) in [5, 5.41) is 0.